The number of cyclic esters (lactones) is 1. The van der Waals surface area contributed by atoms with Crippen molar-refractivity contribution in [3.8, 4) is 0 Å². The van der Waals surface area contributed by atoms with Crippen LogP contribution >= 0.6 is 11.8 Å². The fourth-order valence-electron chi connectivity index (χ4n) is 12.4. The highest BCUT2D eigenvalue weighted by atomic mass is 32.2. The second kappa shape index (κ2) is 11.4. The van der Waals surface area contributed by atoms with Crippen molar-refractivity contribution in [3.05, 3.63) is 48.0 Å². The largest absolute Gasteiger partial charge is 0.461 e. The van der Waals surface area contributed by atoms with Crippen molar-refractivity contribution in [2.24, 2.45) is 39.5 Å². The summed E-state index contributed by atoms with van der Waals surface area (Å²) in [6, 6.07) is 9.09. The number of carbonyl (C=O) groups is 2. The van der Waals surface area contributed by atoms with Crippen LogP contribution in [0.2, 0.25) is 0 Å². The van der Waals surface area contributed by atoms with Crippen LogP contribution in [0, 0.1) is 34.5 Å². The number of esters is 2. The van der Waals surface area contributed by atoms with Crippen LogP contribution in [0.25, 0.3) is 0 Å². The van der Waals surface area contributed by atoms with E-state index in [4.69, 9.17) is 28.7 Å². The molecule has 14 unspecified atom stereocenters. The van der Waals surface area contributed by atoms with Gasteiger partial charge in [0, 0.05) is 41.2 Å². The molecule has 0 aromatic heterocycles. The van der Waals surface area contributed by atoms with Crippen LogP contribution in [0.15, 0.2) is 47.5 Å². The van der Waals surface area contributed by atoms with Gasteiger partial charge in [-0.3, -0.25) is 4.99 Å². The maximum absolute atomic E-state index is 13.5. The van der Waals surface area contributed by atoms with Gasteiger partial charge in [-0.1, -0.05) is 25.1 Å². The molecule has 9 rings (SSSR count). The van der Waals surface area contributed by atoms with Crippen LogP contribution < -0.4 is 0 Å². The zero-order chi connectivity index (χ0) is 34.7. The van der Waals surface area contributed by atoms with E-state index in [0.29, 0.717) is 37.0 Å². The number of rotatable bonds is 4. The number of benzene rings is 1. The molecule has 14 atom stereocenters. The molecule has 4 heterocycles. The molecule has 2 N–H and O–H groups in total. The number of hydrogen-bond donors (Lipinski definition) is 2. The topological polar surface area (TPSA) is 133 Å². The van der Waals surface area contributed by atoms with E-state index in [1.54, 1.807) is 30.8 Å². The van der Waals surface area contributed by atoms with Gasteiger partial charge >= 0.3 is 11.9 Å². The molecule has 8 aliphatic rings. The van der Waals surface area contributed by atoms with E-state index in [2.05, 4.69) is 6.92 Å². The Bertz CT molecular complexity index is 1620. The van der Waals surface area contributed by atoms with Gasteiger partial charge in [-0.05, 0) is 101 Å². The van der Waals surface area contributed by atoms with E-state index in [9.17, 15) is 19.8 Å². The first kappa shape index (κ1) is 33.5. The molecule has 270 valence electrons. The summed E-state index contributed by atoms with van der Waals surface area (Å²) in [5.74, 6) is -3.05. The Balaban J connectivity index is 1.07. The second-order valence-corrected chi connectivity index (χ2v) is 18.1. The summed E-state index contributed by atoms with van der Waals surface area (Å²) in [6.07, 6.45) is 10.3. The molecule has 1 aromatic rings. The van der Waals surface area contributed by atoms with Crippen LogP contribution in [-0.2, 0) is 28.5 Å². The summed E-state index contributed by atoms with van der Waals surface area (Å²) in [5.41, 5.74) is -1.40. The highest BCUT2D eigenvalue weighted by Gasteiger charge is 2.76. The molecule has 1 aromatic carbocycles. The summed E-state index contributed by atoms with van der Waals surface area (Å²) in [4.78, 5) is 29.5. The third-order valence-corrected chi connectivity index (χ3v) is 16.0. The minimum absolute atomic E-state index is 0.0337. The van der Waals surface area contributed by atoms with Crippen molar-refractivity contribution < 1.29 is 43.5 Å². The van der Waals surface area contributed by atoms with Crippen LogP contribution in [0.5, 0.6) is 0 Å². The number of ether oxygens (including phenoxy) is 5. The molecule has 2 saturated heterocycles. The number of carbonyl (C=O) groups excluding carboxylic acids is 2. The maximum atomic E-state index is 13.5. The van der Waals surface area contributed by atoms with E-state index in [-0.39, 0.29) is 60.5 Å². The minimum Gasteiger partial charge on any atom is -0.461 e. The zero-order valence-electron chi connectivity index (χ0n) is 29.1. The number of fused-ring (bicyclic) bond motifs is 8. The summed E-state index contributed by atoms with van der Waals surface area (Å²) in [6.45, 7) is 6.18. The van der Waals surface area contributed by atoms with Gasteiger partial charge in [0.2, 0.25) is 5.79 Å². The predicted octanol–water partition coefficient (Wildman–Crippen LogP) is 5.20. The van der Waals surface area contributed by atoms with Crippen molar-refractivity contribution in [1.82, 2.24) is 0 Å². The highest BCUT2D eigenvalue weighted by Crippen LogP contribution is 2.71. The average molecular weight is 708 g/mol. The number of nitrogens with zero attached hydrogens (tertiary/aromatic N) is 1. The Kier molecular flexibility index (Phi) is 7.62. The predicted molar refractivity (Wildman–Crippen MR) is 184 cm³/mol. The number of aliphatic hydroxyl groups is 2. The van der Waals surface area contributed by atoms with E-state index in [1.807, 2.05) is 37.4 Å². The van der Waals surface area contributed by atoms with Crippen LogP contribution in [0.1, 0.15) is 88.9 Å². The zero-order valence-corrected chi connectivity index (χ0v) is 29.9. The first-order valence-electron chi connectivity index (χ1n) is 18.6. The third-order valence-electron chi connectivity index (χ3n) is 14.7. The molecule has 11 heteroatoms. The van der Waals surface area contributed by atoms with E-state index < -0.39 is 39.0 Å². The van der Waals surface area contributed by atoms with Crippen molar-refractivity contribution >= 4 is 29.9 Å². The molecule has 4 aliphatic carbocycles. The molecular formula is C39H49NO9S. The van der Waals surface area contributed by atoms with Gasteiger partial charge in [-0.25, -0.2) is 9.59 Å². The monoisotopic (exact) mass is 707 g/mol. The molecule has 4 saturated carbocycles. The first-order chi connectivity index (χ1) is 23.9. The quantitative estimate of drug-likeness (QED) is 0.318. The number of thioether (sulfide) groups is 1. The average Bonchev–Trinajstić information content (AvgIpc) is 3.81. The molecule has 0 bridgehead atoms. The molecule has 0 amide bonds. The Hall–Kier alpha value is -2.28. The SMILES string of the molecule is CC1CC2(N=CCS2)C2(O)OC3CC4(COC(=O)c5ccccc5)C(CCC5C4CCC4(C)C(C6C=CC(=O)O6)CCC54O)CC3OC2(C)O1. The van der Waals surface area contributed by atoms with E-state index >= 15 is 0 Å². The van der Waals surface area contributed by atoms with Gasteiger partial charge in [0.15, 0.2) is 4.87 Å². The van der Waals surface area contributed by atoms with Gasteiger partial charge in [-0.2, -0.15) is 0 Å². The Morgan fingerprint density at radius 1 is 0.980 bits per heavy atom. The molecule has 1 spiro atoms. The third kappa shape index (κ3) is 4.49. The van der Waals surface area contributed by atoms with Crippen LogP contribution in [0.3, 0.4) is 0 Å². The molecule has 0 radical (unpaired) electrons. The van der Waals surface area contributed by atoms with Gasteiger partial charge in [0.25, 0.3) is 5.79 Å². The Morgan fingerprint density at radius 3 is 2.52 bits per heavy atom. The summed E-state index contributed by atoms with van der Waals surface area (Å²) >= 11 is 1.57. The fourth-order valence-corrected chi connectivity index (χ4v) is 13.8. The lowest BCUT2D eigenvalue weighted by molar-refractivity contribution is -0.490. The maximum Gasteiger partial charge on any atom is 0.338 e. The van der Waals surface area contributed by atoms with E-state index in [0.717, 1.165) is 32.1 Å². The first-order valence-corrected chi connectivity index (χ1v) is 19.6. The smallest absolute Gasteiger partial charge is 0.338 e. The van der Waals surface area contributed by atoms with Crippen LogP contribution in [0.4, 0.5) is 0 Å². The van der Waals surface area contributed by atoms with Crippen molar-refractivity contribution in [1.29, 1.82) is 0 Å². The molecular weight excluding hydrogens is 658 g/mol. The fraction of sp³-hybridized carbons (Fsp3) is 0.718. The number of aliphatic imine (C=N–C) groups is 1. The molecule has 6 fully saturated rings. The van der Waals surface area contributed by atoms with Crippen molar-refractivity contribution in [2.75, 3.05) is 12.4 Å². The number of hydrogen-bond acceptors (Lipinski definition) is 11. The van der Waals surface area contributed by atoms with E-state index in [1.165, 1.54) is 6.08 Å². The molecule has 10 nitrogen and oxygen atoms in total. The van der Waals surface area contributed by atoms with Gasteiger partial charge in [-0.15, -0.1) is 11.8 Å². The minimum atomic E-state index is -1.83. The van der Waals surface area contributed by atoms with Crippen molar-refractivity contribution in [2.45, 2.75) is 125 Å². The Labute approximate surface area is 297 Å². The van der Waals surface area contributed by atoms with Crippen molar-refractivity contribution in [3.63, 3.8) is 0 Å². The summed E-state index contributed by atoms with van der Waals surface area (Å²) in [5, 5.41) is 25.6. The molecule has 4 aliphatic heterocycles. The highest BCUT2D eigenvalue weighted by molar-refractivity contribution is 8.01. The second-order valence-electron chi connectivity index (χ2n) is 16.8. The van der Waals surface area contributed by atoms with Crippen LogP contribution in [-0.4, -0.2) is 87.2 Å². The summed E-state index contributed by atoms with van der Waals surface area (Å²) in [7, 11) is 0. The normalized spacial score (nSPS) is 51.7. The summed E-state index contributed by atoms with van der Waals surface area (Å²) < 4.78 is 32.2. The molecule has 50 heavy (non-hydrogen) atoms. The van der Waals surface area contributed by atoms with Gasteiger partial charge in [0.05, 0.1) is 36.1 Å². The lowest BCUT2D eigenvalue weighted by Crippen LogP contribution is -2.78. The standard InChI is InChI=1S/C39H49NO9S/c1-23-20-38(40-17-18-50-38)39(44)35(3,47-23)48-30-19-25-9-10-27-26(13-15-34(2)28(14-16-37(27,34)43)29-11-12-32(41)46-29)36(25,21-31(30)49-39)22-45-33(42)24-7-5-4-6-8-24/h4-8,11-12,17,23,25-31,43-44H,9-10,13-16,18-22H2,1-3H3. The van der Waals surface area contributed by atoms with Gasteiger partial charge < -0.3 is 33.9 Å². The Morgan fingerprint density at radius 2 is 1.78 bits per heavy atom. The van der Waals surface area contributed by atoms with Gasteiger partial charge in [0.1, 0.15) is 6.10 Å². The lowest BCUT2D eigenvalue weighted by atomic mass is 9.42. The lowest BCUT2D eigenvalue weighted by Gasteiger charge is -2.67.